The van der Waals surface area contributed by atoms with Gasteiger partial charge in [0, 0.05) is 0 Å². The quantitative estimate of drug-likeness (QED) is 0.599. The lowest BCUT2D eigenvalue weighted by Crippen LogP contribution is -2.11. The lowest BCUT2D eigenvalue weighted by atomic mass is 10.6. The number of nitrogens with zero attached hydrogens (tertiary/aromatic N) is 3. The van der Waals surface area contributed by atoms with Crippen LogP contribution in [0.5, 0.6) is 0 Å². The minimum absolute atomic E-state index is 0.363. The molecule has 0 aliphatic carbocycles. The predicted molar refractivity (Wildman–Crippen MR) is 31.6 cm³/mol. The van der Waals surface area contributed by atoms with Gasteiger partial charge >= 0.3 is 6.14 Å². The van der Waals surface area contributed by atoms with Gasteiger partial charge in [-0.05, 0) is 14.1 Å². The first-order chi connectivity index (χ1) is 4.68. The first-order valence-corrected chi connectivity index (χ1v) is 2.81. The minimum Gasteiger partial charge on any atom is -0.303 e. The van der Waals surface area contributed by atoms with E-state index in [4.69, 9.17) is 0 Å². The molecule has 5 heteroatoms. The van der Waals surface area contributed by atoms with Gasteiger partial charge in [-0.3, -0.25) is 0 Å². The zero-order valence-electron chi connectivity index (χ0n) is 5.83. The van der Waals surface area contributed by atoms with Gasteiger partial charge in [0.15, 0.2) is 5.82 Å². The lowest BCUT2D eigenvalue weighted by molar-refractivity contribution is 0.265. The number of hydrogen-bond donors (Lipinski definition) is 0. The highest BCUT2D eigenvalue weighted by Crippen LogP contribution is 1.95. The molecule has 4 nitrogen and oxygen atoms in total. The van der Waals surface area contributed by atoms with Gasteiger partial charge in [-0.1, -0.05) is 5.16 Å². The summed E-state index contributed by atoms with van der Waals surface area (Å²) >= 11 is 0. The van der Waals surface area contributed by atoms with E-state index in [0.717, 1.165) is 0 Å². The first kappa shape index (κ1) is 7.14. The van der Waals surface area contributed by atoms with E-state index in [-0.39, 0.29) is 0 Å². The van der Waals surface area contributed by atoms with Crippen molar-refractivity contribution in [1.29, 1.82) is 0 Å². The Labute approximate surface area is 57.6 Å². The van der Waals surface area contributed by atoms with Gasteiger partial charge in [-0.2, -0.15) is 4.98 Å². The highest BCUT2D eigenvalue weighted by molar-refractivity contribution is 4.76. The molecule has 1 aromatic rings. The molecule has 0 bridgehead atoms. The molecule has 0 aromatic carbocycles. The summed E-state index contributed by atoms with van der Waals surface area (Å²) in [6, 6.07) is 0. The second kappa shape index (κ2) is 2.74. The number of halogens is 1. The van der Waals surface area contributed by atoms with Crippen molar-refractivity contribution >= 4 is 0 Å². The zero-order chi connectivity index (χ0) is 7.56. The van der Waals surface area contributed by atoms with E-state index < -0.39 is 6.14 Å². The maximum atomic E-state index is 12.0. The van der Waals surface area contributed by atoms with Gasteiger partial charge in [0.1, 0.15) is 0 Å². The van der Waals surface area contributed by atoms with Gasteiger partial charge in [-0.15, -0.1) is 4.39 Å². The van der Waals surface area contributed by atoms with Gasteiger partial charge in [0.2, 0.25) is 0 Å². The Hall–Kier alpha value is -0.970. The average molecular weight is 145 g/mol. The normalized spacial score (nSPS) is 10.8. The summed E-state index contributed by atoms with van der Waals surface area (Å²) in [5, 5.41) is 3.35. The fourth-order valence-electron chi connectivity index (χ4n) is 0.580. The molecule has 0 saturated carbocycles. The van der Waals surface area contributed by atoms with E-state index in [1.165, 1.54) is 0 Å². The summed E-state index contributed by atoms with van der Waals surface area (Å²) < 4.78 is 16.1. The minimum atomic E-state index is -0.878. The third-order valence-electron chi connectivity index (χ3n) is 0.901. The molecule has 0 fully saturated rings. The van der Waals surface area contributed by atoms with E-state index in [1.807, 2.05) is 19.0 Å². The Morgan fingerprint density at radius 3 is 2.70 bits per heavy atom. The molecule has 1 rings (SSSR count). The Kier molecular flexibility index (Phi) is 1.96. The monoisotopic (exact) mass is 145 g/mol. The van der Waals surface area contributed by atoms with Crippen LogP contribution in [0.15, 0.2) is 4.52 Å². The number of hydrogen-bond acceptors (Lipinski definition) is 4. The van der Waals surface area contributed by atoms with E-state index in [0.29, 0.717) is 12.4 Å². The van der Waals surface area contributed by atoms with Crippen LogP contribution in [0.2, 0.25) is 0 Å². The molecule has 10 heavy (non-hydrogen) atoms. The fourth-order valence-corrected chi connectivity index (χ4v) is 0.580. The van der Waals surface area contributed by atoms with Crippen molar-refractivity contribution in [3.05, 3.63) is 12.0 Å². The zero-order valence-corrected chi connectivity index (χ0v) is 5.83. The van der Waals surface area contributed by atoms with E-state index in [9.17, 15) is 4.39 Å². The van der Waals surface area contributed by atoms with Crippen LogP contribution in [0.25, 0.3) is 0 Å². The highest BCUT2D eigenvalue weighted by Gasteiger charge is 2.04. The van der Waals surface area contributed by atoms with E-state index in [1.54, 1.807) is 0 Å². The van der Waals surface area contributed by atoms with E-state index in [2.05, 4.69) is 14.7 Å². The fraction of sp³-hybridized carbons (Fsp3) is 0.600. The molecule has 0 N–H and O–H groups in total. The van der Waals surface area contributed by atoms with Crippen molar-refractivity contribution in [3.8, 4) is 0 Å². The van der Waals surface area contributed by atoms with Crippen molar-refractivity contribution in [2.24, 2.45) is 0 Å². The summed E-state index contributed by atoms with van der Waals surface area (Å²) in [4.78, 5) is 5.19. The summed E-state index contributed by atoms with van der Waals surface area (Å²) in [5.74, 6) is 0.363. The van der Waals surface area contributed by atoms with Crippen LogP contribution in [0.4, 0.5) is 4.39 Å². The SMILES string of the molecule is CN(C)Cc1noc(F)n1. The Bertz CT molecular complexity index is 210. The lowest BCUT2D eigenvalue weighted by Gasteiger charge is -2.02. The van der Waals surface area contributed by atoms with Crippen LogP contribution in [-0.2, 0) is 6.54 Å². The molecule has 0 radical (unpaired) electrons. The summed E-state index contributed by atoms with van der Waals surface area (Å²) in [6.07, 6.45) is -0.878. The van der Waals surface area contributed by atoms with Crippen LogP contribution in [0, 0.1) is 6.14 Å². The molecular formula is C5H8FN3O. The highest BCUT2D eigenvalue weighted by atomic mass is 19.1. The van der Waals surface area contributed by atoms with Crippen LogP contribution < -0.4 is 0 Å². The Morgan fingerprint density at radius 2 is 2.30 bits per heavy atom. The largest absolute Gasteiger partial charge is 0.405 e. The molecule has 0 unspecified atom stereocenters. The first-order valence-electron chi connectivity index (χ1n) is 2.81. The van der Waals surface area contributed by atoms with Crippen LogP contribution in [-0.4, -0.2) is 29.1 Å². The van der Waals surface area contributed by atoms with Crippen molar-refractivity contribution in [2.45, 2.75) is 6.54 Å². The molecule has 1 aromatic heterocycles. The van der Waals surface area contributed by atoms with Crippen molar-refractivity contribution in [3.63, 3.8) is 0 Å². The molecule has 0 amide bonds. The third-order valence-corrected chi connectivity index (χ3v) is 0.901. The third kappa shape index (κ3) is 1.77. The Balaban J connectivity index is 2.58. The standard InChI is InChI=1S/C5H8FN3O/c1-9(2)3-4-7-5(6)10-8-4/h3H2,1-2H3. The predicted octanol–water partition coefficient (Wildman–Crippen LogP) is 0.270. The second-order valence-corrected chi connectivity index (χ2v) is 2.20. The Morgan fingerprint density at radius 1 is 1.60 bits per heavy atom. The van der Waals surface area contributed by atoms with Crippen LogP contribution in [0.3, 0.4) is 0 Å². The molecule has 1 heterocycles. The molecule has 0 saturated heterocycles. The summed E-state index contributed by atoms with van der Waals surface area (Å²) in [5.41, 5.74) is 0. The van der Waals surface area contributed by atoms with Crippen molar-refractivity contribution in [2.75, 3.05) is 14.1 Å². The van der Waals surface area contributed by atoms with Gasteiger partial charge in [-0.25, -0.2) is 0 Å². The molecule has 0 aliphatic rings. The molecule has 56 valence electrons. The summed E-state index contributed by atoms with van der Waals surface area (Å²) in [7, 11) is 3.68. The smallest absolute Gasteiger partial charge is 0.303 e. The van der Waals surface area contributed by atoms with Gasteiger partial charge in [0.25, 0.3) is 0 Å². The van der Waals surface area contributed by atoms with Crippen LogP contribution >= 0.6 is 0 Å². The molecule has 0 spiro atoms. The van der Waals surface area contributed by atoms with Gasteiger partial charge < -0.3 is 9.42 Å². The van der Waals surface area contributed by atoms with Crippen LogP contribution in [0.1, 0.15) is 5.82 Å². The maximum Gasteiger partial charge on any atom is 0.405 e. The van der Waals surface area contributed by atoms with Gasteiger partial charge in [0.05, 0.1) is 6.54 Å². The average Bonchev–Trinajstić information content (AvgIpc) is 2.13. The van der Waals surface area contributed by atoms with E-state index >= 15 is 0 Å². The maximum absolute atomic E-state index is 12.0. The van der Waals surface area contributed by atoms with Crippen molar-refractivity contribution < 1.29 is 8.91 Å². The topological polar surface area (TPSA) is 42.2 Å². The second-order valence-electron chi connectivity index (χ2n) is 2.20. The number of aromatic nitrogens is 2. The number of rotatable bonds is 2. The molecule has 0 atom stereocenters. The molecular weight excluding hydrogens is 137 g/mol. The van der Waals surface area contributed by atoms with Crippen molar-refractivity contribution in [1.82, 2.24) is 15.0 Å². The summed E-state index contributed by atoms with van der Waals surface area (Å²) in [6.45, 7) is 0.493. The molecule has 0 aliphatic heterocycles.